The number of halogens is 1. The topological polar surface area (TPSA) is 133 Å². The molecular weight excluding hydrogens is 586 g/mol. The number of hydrogen-bond donors (Lipinski definition) is 2. The van der Waals surface area contributed by atoms with Gasteiger partial charge in [-0.25, -0.2) is 19.4 Å². The maximum atomic E-state index is 12.6. The van der Waals surface area contributed by atoms with Gasteiger partial charge in [-0.3, -0.25) is 10.00 Å². The number of hydrogen-bond acceptors (Lipinski definition) is 10. The molecule has 234 valence electrons. The molecule has 2 atom stereocenters. The van der Waals surface area contributed by atoms with E-state index in [1.807, 2.05) is 53.1 Å². The van der Waals surface area contributed by atoms with Crippen molar-refractivity contribution in [2.75, 3.05) is 44.4 Å². The highest BCUT2D eigenvalue weighted by Crippen LogP contribution is 2.42. The van der Waals surface area contributed by atoms with Gasteiger partial charge in [0.2, 0.25) is 6.35 Å². The highest BCUT2D eigenvalue weighted by molar-refractivity contribution is 6.38. The van der Waals surface area contributed by atoms with Crippen molar-refractivity contribution in [2.24, 2.45) is 12.5 Å². The minimum Gasteiger partial charge on any atom is -0.444 e. The highest BCUT2D eigenvalue weighted by atomic mass is 35.5. The Labute approximate surface area is 260 Å². The number of nitrogens with zero attached hydrogens (tertiary/aromatic N) is 7. The number of aromatic nitrogens is 6. The van der Waals surface area contributed by atoms with Gasteiger partial charge >= 0.3 is 6.09 Å². The van der Waals surface area contributed by atoms with E-state index >= 15 is 0 Å². The third-order valence-corrected chi connectivity index (χ3v) is 9.16. The molecular formula is C30H38ClN9O4. The van der Waals surface area contributed by atoms with Gasteiger partial charge in [0.15, 0.2) is 11.5 Å². The lowest BCUT2D eigenvalue weighted by molar-refractivity contribution is 0.0377. The first-order chi connectivity index (χ1) is 21.0. The molecule has 1 aromatic carbocycles. The molecule has 3 fully saturated rings. The van der Waals surface area contributed by atoms with Crippen LogP contribution in [0.4, 0.5) is 10.6 Å². The van der Waals surface area contributed by atoms with E-state index < -0.39 is 18.0 Å². The molecule has 13 nitrogen and oxygen atoms in total. The van der Waals surface area contributed by atoms with Gasteiger partial charge in [0, 0.05) is 49.2 Å². The maximum Gasteiger partial charge on any atom is 0.407 e. The number of nitrogens with one attached hydrogen (secondary N) is 2. The molecule has 7 rings (SSSR count). The van der Waals surface area contributed by atoms with Crippen LogP contribution in [-0.4, -0.2) is 86.7 Å². The van der Waals surface area contributed by atoms with Gasteiger partial charge in [0.25, 0.3) is 0 Å². The first kappa shape index (κ1) is 29.2. The number of fused-ring (bicyclic) bond motifs is 2. The second kappa shape index (κ2) is 10.8. The van der Waals surface area contributed by atoms with Crippen LogP contribution < -0.4 is 15.5 Å². The zero-order valence-electron chi connectivity index (χ0n) is 25.7. The minimum atomic E-state index is -0.558. The molecule has 3 aliphatic rings. The van der Waals surface area contributed by atoms with Crippen molar-refractivity contribution in [3.8, 4) is 11.3 Å². The number of ether oxygens (including phenoxy) is 3. The molecule has 2 N–H and O–H groups in total. The molecule has 0 aliphatic carbocycles. The second-order valence-corrected chi connectivity index (χ2v) is 13.4. The van der Waals surface area contributed by atoms with Crippen molar-refractivity contribution in [1.29, 1.82) is 0 Å². The number of piperidine rings is 1. The maximum absolute atomic E-state index is 12.6. The predicted octanol–water partition coefficient (Wildman–Crippen LogP) is 3.93. The monoisotopic (exact) mass is 623 g/mol. The van der Waals surface area contributed by atoms with Crippen molar-refractivity contribution >= 4 is 45.6 Å². The summed E-state index contributed by atoms with van der Waals surface area (Å²) in [5, 5.41) is 17.3. The van der Waals surface area contributed by atoms with E-state index in [4.69, 9.17) is 40.9 Å². The Kier molecular flexibility index (Phi) is 7.19. The summed E-state index contributed by atoms with van der Waals surface area (Å²) < 4.78 is 20.9. The fourth-order valence-electron chi connectivity index (χ4n) is 6.56. The lowest BCUT2D eigenvalue weighted by Gasteiger charge is -2.42. The van der Waals surface area contributed by atoms with Crippen LogP contribution in [0, 0.1) is 12.3 Å². The van der Waals surface area contributed by atoms with Crippen LogP contribution in [0.15, 0.2) is 18.3 Å². The Bertz CT molecular complexity index is 1730. The number of benzene rings is 1. The Hall–Kier alpha value is -3.52. The van der Waals surface area contributed by atoms with Gasteiger partial charge in [-0.1, -0.05) is 11.6 Å². The number of amides is 1. The van der Waals surface area contributed by atoms with Gasteiger partial charge < -0.3 is 24.4 Å². The van der Waals surface area contributed by atoms with E-state index in [0.717, 1.165) is 53.9 Å². The molecule has 44 heavy (non-hydrogen) atoms. The molecule has 3 saturated heterocycles. The first-order valence-electron chi connectivity index (χ1n) is 15.1. The number of alkyl carbamates (subject to hydrolysis) is 1. The van der Waals surface area contributed by atoms with E-state index in [1.54, 1.807) is 9.36 Å². The average molecular weight is 624 g/mol. The highest BCUT2D eigenvalue weighted by Gasteiger charge is 2.47. The fourth-order valence-corrected chi connectivity index (χ4v) is 6.85. The predicted molar refractivity (Wildman–Crippen MR) is 166 cm³/mol. The van der Waals surface area contributed by atoms with Crippen LogP contribution in [0.2, 0.25) is 5.02 Å². The second-order valence-electron chi connectivity index (χ2n) is 13.0. The number of carbonyl (C=O) groups is 1. The normalized spacial score (nSPS) is 22.0. The number of carbonyl (C=O) groups excluding carboxylic acids is 1. The molecule has 3 aliphatic heterocycles. The summed E-state index contributed by atoms with van der Waals surface area (Å²) >= 11 is 6.94. The largest absolute Gasteiger partial charge is 0.444 e. The molecule has 6 heterocycles. The van der Waals surface area contributed by atoms with E-state index in [-0.39, 0.29) is 11.5 Å². The molecule has 0 radical (unpaired) electrons. The van der Waals surface area contributed by atoms with E-state index in [9.17, 15) is 4.79 Å². The van der Waals surface area contributed by atoms with Gasteiger partial charge in [-0.05, 0) is 52.7 Å². The average Bonchev–Trinajstić information content (AvgIpc) is 3.76. The summed E-state index contributed by atoms with van der Waals surface area (Å²) in [6, 6.07) is 3.78. The van der Waals surface area contributed by atoms with Gasteiger partial charge in [-0.2, -0.15) is 10.2 Å². The molecule has 0 bridgehead atoms. The molecule has 14 heteroatoms. The Morgan fingerprint density at radius 3 is 2.73 bits per heavy atom. The Balaban J connectivity index is 1.20. The van der Waals surface area contributed by atoms with Crippen LogP contribution in [0.5, 0.6) is 0 Å². The summed E-state index contributed by atoms with van der Waals surface area (Å²) in [6.45, 7) is 11.4. The molecule has 3 aromatic heterocycles. The van der Waals surface area contributed by atoms with Crippen molar-refractivity contribution in [2.45, 2.75) is 58.5 Å². The number of rotatable bonds is 4. The van der Waals surface area contributed by atoms with Gasteiger partial charge in [0.05, 0.1) is 42.1 Å². The quantitative estimate of drug-likeness (QED) is 0.344. The Morgan fingerprint density at radius 1 is 1.20 bits per heavy atom. The smallest absolute Gasteiger partial charge is 0.407 e. The van der Waals surface area contributed by atoms with E-state index in [1.165, 1.54) is 0 Å². The van der Waals surface area contributed by atoms with E-state index in [0.29, 0.717) is 48.2 Å². The lowest BCUT2D eigenvalue weighted by Crippen LogP contribution is -2.53. The molecule has 0 saturated carbocycles. The number of anilines is 1. The zero-order chi connectivity index (χ0) is 30.8. The third-order valence-electron chi connectivity index (χ3n) is 8.75. The standard InChI is InChI=1S/C30H38ClN9O4/c1-17-25(39-11-8-30(9-12-39)16-42-15-21(30)34-28(41)44-29(2,3)4)35-26-24(33-17)23(37-40(26)27-32-10-13-43-27)18-6-7-20-19(22(18)31)14-38(5)36-20/h6-7,14,21,27,32H,8-13,15-16H2,1-5H3,(H,34,41)/t21-,27?/m1/s1. The van der Waals surface area contributed by atoms with Crippen molar-refractivity contribution in [1.82, 2.24) is 40.2 Å². The van der Waals surface area contributed by atoms with Crippen molar-refractivity contribution < 1.29 is 19.0 Å². The Morgan fingerprint density at radius 2 is 2.00 bits per heavy atom. The van der Waals surface area contributed by atoms with E-state index in [2.05, 4.69) is 20.6 Å². The van der Waals surface area contributed by atoms with Gasteiger partial charge in [0.1, 0.15) is 16.8 Å². The number of aryl methyl sites for hydroxylation is 2. The minimum absolute atomic E-state index is 0.106. The summed E-state index contributed by atoms with van der Waals surface area (Å²) in [5.41, 5.74) is 3.60. The summed E-state index contributed by atoms with van der Waals surface area (Å²) in [6.07, 6.45) is 2.72. The van der Waals surface area contributed by atoms with Crippen LogP contribution in [0.25, 0.3) is 33.3 Å². The SMILES string of the molecule is Cc1nc2c(-c3ccc4nn(C)cc4c3Cl)nn(C3NCCO3)c2nc1N1CCC2(CC1)COC[C@H]2NC(=O)OC(C)(C)C. The van der Waals surface area contributed by atoms with Crippen LogP contribution in [0.1, 0.15) is 45.7 Å². The summed E-state index contributed by atoms with van der Waals surface area (Å²) in [7, 11) is 1.87. The molecule has 1 amide bonds. The third kappa shape index (κ3) is 5.15. The molecule has 1 unspecified atom stereocenters. The van der Waals surface area contributed by atoms with Gasteiger partial charge in [-0.15, -0.1) is 0 Å². The lowest BCUT2D eigenvalue weighted by atomic mass is 9.74. The summed E-state index contributed by atoms with van der Waals surface area (Å²) in [5.74, 6) is 0.808. The van der Waals surface area contributed by atoms with Crippen LogP contribution in [-0.2, 0) is 21.3 Å². The fraction of sp³-hybridized carbons (Fsp3) is 0.567. The van der Waals surface area contributed by atoms with Crippen LogP contribution >= 0.6 is 11.6 Å². The van der Waals surface area contributed by atoms with Crippen molar-refractivity contribution in [3.63, 3.8) is 0 Å². The van der Waals surface area contributed by atoms with Crippen LogP contribution in [0.3, 0.4) is 0 Å². The first-order valence-corrected chi connectivity index (χ1v) is 15.5. The zero-order valence-corrected chi connectivity index (χ0v) is 26.4. The van der Waals surface area contributed by atoms with Crippen molar-refractivity contribution in [3.05, 3.63) is 29.0 Å². The molecule has 1 spiro atoms. The summed E-state index contributed by atoms with van der Waals surface area (Å²) in [4.78, 5) is 25.1. The molecule has 4 aromatic rings.